The lowest BCUT2D eigenvalue weighted by atomic mass is 10.00. The van der Waals surface area contributed by atoms with Gasteiger partial charge in [-0.2, -0.15) is 0 Å². The van der Waals surface area contributed by atoms with Crippen molar-refractivity contribution in [3.63, 3.8) is 0 Å². The second-order valence-electron chi connectivity index (χ2n) is 5.18. The van der Waals surface area contributed by atoms with Crippen molar-refractivity contribution >= 4 is 11.7 Å². The predicted molar refractivity (Wildman–Crippen MR) is 65.6 cm³/mol. The second-order valence-corrected chi connectivity index (χ2v) is 5.18. The number of carboxylic acids is 1. The van der Waals surface area contributed by atoms with Gasteiger partial charge in [0.2, 0.25) is 0 Å². The van der Waals surface area contributed by atoms with Gasteiger partial charge in [0, 0.05) is 19.0 Å². The van der Waals surface area contributed by atoms with Crippen molar-refractivity contribution in [2.24, 2.45) is 11.8 Å². The molecule has 2 N–H and O–H groups in total. The molecule has 1 aromatic heterocycles. The normalized spacial score (nSPS) is 30.5. The van der Waals surface area contributed by atoms with Gasteiger partial charge in [0.1, 0.15) is 5.69 Å². The van der Waals surface area contributed by atoms with E-state index >= 15 is 0 Å². The topological polar surface area (TPSA) is 73.7 Å². The fraction of sp³-hybridized carbons (Fsp3) is 0.538. The molecule has 1 aromatic rings. The highest BCUT2D eigenvalue weighted by Crippen LogP contribution is 2.39. The van der Waals surface area contributed by atoms with Crippen molar-refractivity contribution in [3.8, 4) is 0 Å². The van der Waals surface area contributed by atoms with Crippen molar-refractivity contribution in [2.45, 2.75) is 18.9 Å². The third-order valence-corrected chi connectivity index (χ3v) is 4.15. The van der Waals surface area contributed by atoms with E-state index in [0.29, 0.717) is 11.8 Å². The largest absolute Gasteiger partial charge is 0.477 e. The highest BCUT2D eigenvalue weighted by atomic mass is 16.4. The Morgan fingerprint density at radius 1 is 1.33 bits per heavy atom. The number of hydrogen-bond acceptors (Lipinski definition) is 4. The molecule has 3 atom stereocenters. The van der Waals surface area contributed by atoms with E-state index in [1.54, 1.807) is 12.3 Å². The van der Waals surface area contributed by atoms with Gasteiger partial charge < -0.3 is 15.1 Å². The number of anilines is 1. The highest BCUT2D eigenvalue weighted by molar-refractivity contribution is 5.85. The number of nitrogens with zero attached hydrogens (tertiary/aromatic N) is 2. The molecule has 2 aliphatic rings. The quantitative estimate of drug-likeness (QED) is 0.816. The molecule has 1 aliphatic carbocycles. The van der Waals surface area contributed by atoms with E-state index in [1.807, 2.05) is 0 Å². The van der Waals surface area contributed by atoms with Gasteiger partial charge in [-0.3, -0.25) is 0 Å². The van der Waals surface area contributed by atoms with Crippen molar-refractivity contribution < 1.29 is 15.0 Å². The minimum atomic E-state index is -1.00. The van der Waals surface area contributed by atoms with Gasteiger partial charge in [-0.15, -0.1) is 0 Å². The first-order chi connectivity index (χ1) is 8.65. The molecule has 2 fully saturated rings. The Morgan fingerprint density at radius 2 is 2.17 bits per heavy atom. The van der Waals surface area contributed by atoms with Gasteiger partial charge in [-0.05, 0) is 30.9 Å². The van der Waals surface area contributed by atoms with E-state index in [4.69, 9.17) is 5.11 Å². The van der Waals surface area contributed by atoms with Gasteiger partial charge in [0.15, 0.2) is 0 Å². The fourth-order valence-electron chi connectivity index (χ4n) is 3.15. The molecule has 0 radical (unpaired) electrons. The van der Waals surface area contributed by atoms with Gasteiger partial charge >= 0.3 is 5.97 Å². The van der Waals surface area contributed by atoms with Crippen LogP contribution in [-0.2, 0) is 0 Å². The number of aromatic nitrogens is 1. The maximum absolute atomic E-state index is 10.7. The molecular formula is C13H16N2O3. The number of rotatable bonds is 2. The summed E-state index contributed by atoms with van der Waals surface area (Å²) in [6, 6.07) is 3.33. The van der Waals surface area contributed by atoms with Gasteiger partial charge in [-0.25, -0.2) is 9.78 Å². The molecule has 3 rings (SSSR count). The Hall–Kier alpha value is -1.62. The zero-order valence-corrected chi connectivity index (χ0v) is 9.99. The number of aromatic carboxylic acids is 1. The molecule has 3 unspecified atom stereocenters. The SMILES string of the molecule is O=C(O)c1ccc(N2CC3CCC(O)C3C2)cn1. The predicted octanol–water partition coefficient (Wildman–Crippen LogP) is 0.987. The summed E-state index contributed by atoms with van der Waals surface area (Å²) in [4.78, 5) is 16.8. The number of pyridine rings is 1. The first-order valence-electron chi connectivity index (χ1n) is 6.27. The molecule has 1 aliphatic heterocycles. The summed E-state index contributed by atoms with van der Waals surface area (Å²) in [6.07, 6.45) is 3.44. The van der Waals surface area contributed by atoms with Gasteiger partial charge in [0.25, 0.3) is 0 Å². The third-order valence-electron chi connectivity index (χ3n) is 4.15. The lowest BCUT2D eigenvalue weighted by Gasteiger charge is -2.20. The number of carbonyl (C=O) groups is 1. The van der Waals surface area contributed by atoms with Crippen LogP contribution in [0, 0.1) is 11.8 Å². The third kappa shape index (κ3) is 1.84. The van der Waals surface area contributed by atoms with Crippen molar-refractivity contribution in [1.82, 2.24) is 4.98 Å². The summed E-state index contributed by atoms with van der Waals surface area (Å²) in [7, 11) is 0. The van der Waals surface area contributed by atoms with Crippen LogP contribution in [-0.4, -0.2) is 40.4 Å². The highest BCUT2D eigenvalue weighted by Gasteiger charge is 2.41. The second kappa shape index (κ2) is 4.24. The lowest BCUT2D eigenvalue weighted by molar-refractivity contribution is 0.0690. The van der Waals surface area contributed by atoms with E-state index < -0.39 is 5.97 Å². The fourth-order valence-corrected chi connectivity index (χ4v) is 3.15. The van der Waals surface area contributed by atoms with E-state index in [0.717, 1.165) is 31.6 Å². The van der Waals surface area contributed by atoms with Crippen LogP contribution in [0.1, 0.15) is 23.3 Å². The molecule has 0 bridgehead atoms. The first-order valence-corrected chi connectivity index (χ1v) is 6.27. The van der Waals surface area contributed by atoms with Crippen LogP contribution < -0.4 is 4.90 Å². The zero-order valence-electron chi connectivity index (χ0n) is 9.99. The van der Waals surface area contributed by atoms with Crippen LogP contribution in [0.15, 0.2) is 18.3 Å². The molecule has 5 nitrogen and oxygen atoms in total. The number of aliphatic hydroxyl groups is 1. The van der Waals surface area contributed by atoms with E-state index in [1.165, 1.54) is 6.07 Å². The Bertz CT molecular complexity index is 460. The van der Waals surface area contributed by atoms with Gasteiger partial charge in [-0.1, -0.05) is 0 Å². The molecule has 0 amide bonds. The molecule has 18 heavy (non-hydrogen) atoms. The Balaban J connectivity index is 1.75. The number of fused-ring (bicyclic) bond motifs is 1. The monoisotopic (exact) mass is 248 g/mol. The van der Waals surface area contributed by atoms with E-state index in [2.05, 4.69) is 9.88 Å². The number of hydrogen-bond donors (Lipinski definition) is 2. The summed E-state index contributed by atoms with van der Waals surface area (Å²) >= 11 is 0. The molecular weight excluding hydrogens is 232 g/mol. The summed E-state index contributed by atoms with van der Waals surface area (Å²) in [5.41, 5.74) is 1.01. The summed E-state index contributed by atoms with van der Waals surface area (Å²) in [5, 5.41) is 18.7. The van der Waals surface area contributed by atoms with Crippen LogP contribution in [0.4, 0.5) is 5.69 Å². The van der Waals surface area contributed by atoms with Crippen molar-refractivity contribution in [2.75, 3.05) is 18.0 Å². The number of carboxylic acid groups (broad SMARTS) is 1. The van der Waals surface area contributed by atoms with Crippen LogP contribution in [0.2, 0.25) is 0 Å². The molecule has 1 saturated heterocycles. The molecule has 0 spiro atoms. The Morgan fingerprint density at radius 3 is 2.78 bits per heavy atom. The van der Waals surface area contributed by atoms with Crippen LogP contribution in [0.5, 0.6) is 0 Å². The van der Waals surface area contributed by atoms with Crippen LogP contribution in [0.25, 0.3) is 0 Å². The standard InChI is InChI=1S/C13H16N2O3/c16-12-4-1-8-6-15(7-10(8)12)9-2-3-11(13(17)18)14-5-9/h2-3,5,8,10,12,16H,1,4,6-7H2,(H,17,18). The first kappa shape index (κ1) is 11.5. The Kier molecular flexibility index (Phi) is 2.70. The average molecular weight is 248 g/mol. The molecule has 1 saturated carbocycles. The summed E-state index contributed by atoms with van der Waals surface area (Å²) < 4.78 is 0. The van der Waals surface area contributed by atoms with Crippen LogP contribution >= 0.6 is 0 Å². The maximum Gasteiger partial charge on any atom is 0.354 e. The van der Waals surface area contributed by atoms with Crippen molar-refractivity contribution in [3.05, 3.63) is 24.0 Å². The zero-order chi connectivity index (χ0) is 12.7. The van der Waals surface area contributed by atoms with Gasteiger partial charge in [0.05, 0.1) is 18.0 Å². The minimum Gasteiger partial charge on any atom is -0.477 e. The molecule has 96 valence electrons. The van der Waals surface area contributed by atoms with E-state index in [-0.39, 0.29) is 11.8 Å². The van der Waals surface area contributed by atoms with Crippen molar-refractivity contribution in [1.29, 1.82) is 0 Å². The molecule has 5 heteroatoms. The maximum atomic E-state index is 10.7. The Labute approximate surface area is 105 Å². The number of aliphatic hydroxyl groups excluding tert-OH is 1. The minimum absolute atomic E-state index is 0.0678. The smallest absolute Gasteiger partial charge is 0.354 e. The van der Waals surface area contributed by atoms with Crippen LogP contribution in [0.3, 0.4) is 0 Å². The molecule has 2 heterocycles. The summed E-state index contributed by atoms with van der Waals surface area (Å²) in [6.45, 7) is 1.79. The summed E-state index contributed by atoms with van der Waals surface area (Å²) in [5.74, 6) is -0.0708. The lowest BCUT2D eigenvalue weighted by Crippen LogP contribution is -2.24. The average Bonchev–Trinajstić information content (AvgIpc) is 2.92. The molecule has 0 aromatic carbocycles. The van der Waals surface area contributed by atoms with E-state index in [9.17, 15) is 9.90 Å².